The van der Waals surface area contributed by atoms with Gasteiger partial charge in [0.1, 0.15) is 0 Å². The third kappa shape index (κ3) is 3.21. The zero-order chi connectivity index (χ0) is 14.9. The molecule has 0 aromatic heterocycles. The highest BCUT2D eigenvalue weighted by Crippen LogP contribution is 2.34. The van der Waals surface area contributed by atoms with Crippen LogP contribution in [0.4, 0.5) is 8.78 Å². The highest BCUT2D eigenvalue weighted by Gasteiger charge is 2.17. The predicted molar refractivity (Wildman–Crippen MR) is 82.7 cm³/mol. The zero-order valence-electron chi connectivity index (χ0n) is 11.2. The van der Waals surface area contributed by atoms with Gasteiger partial charge in [-0.05, 0) is 54.7 Å². The Morgan fingerprint density at radius 3 is 2.50 bits per heavy atom. The second-order valence-corrected chi connectivity index (χ2v) is 6.36. The molecule has 0 heterocycles. The predicted octanol–water partition coefficient (Wildman–Crippen LogP) is 5.91. The molecule has 2 aromatic carbocycles. The van der Waals surface area contributed by atoms with Gasteiger partial charge in [0.15, 0.2) is 11.6 Å². The lowest BCUT2D eigenvalue weighted by Crippen LogP contribution is -2.01. The monoisotopic (exact) mass is 358 g/mol. The Morgan fingerprint density at radius 2 is 1.80 bits per heavy atom. The molecule has 0 aliphatic heterocycles. The van der Waals surface area contributed by atoms with Crippen molar-refractivity contribution in [1.29, 1.82) is 0 Å². The first-order chi connectivity index (χ1) is 9.40. The van der Waals surface area contributed by atoms with Gasteiger partial charge in [-0.1, -0.05) is 45.7 Å². The zero-order valence-corrected chi connectivity index (χ0v) is 13.5. The van der Waals surface area contributed by atoms with Crippen LogP contribution in [0, 0.1) is 25.5 Å². The summed E-state index contributed by atoms with van der Waals surface area (Å²) in [7, 11) is 0. The summed E-state index contributed by atoms with van der Waals surface area (Å²) in [6.45, 7) is 3.98. The SMILES string of the molecule is Cc1cc(Cl)c(C(Br)Cc2cccc(F)c2F)cc1C. The summed E-state index contributed by atoms with van der Waals surface area (Å²) in [6, 6.07) is 8.08. The van der Waals surface area contributed by atoms with E-state index < -0.39 is 11.6 Å². The summed E-state index contributed by atoms with van der Waals surface area (Å²) in [5.74, 6) is -1.62. The molecule has 0 spiro atoms. The second kappa shape index (κ2) is 6.23. The Hall–Kier alpha value is -0.930. The van der Waals surface area contributed by atoms with Gasteiger partial charge in [0.2, 0.25) is 0 Å². The number of benzene rings is 2. The van der Waals surface area contributed by atoms with Crippen LogP contribution in [-0.2, 0) is 6.42 Å². The molecule has 0 radical (unpaired) electrons. The van der Waals surface area contributed by atoms with Crippen molar-refractivity contribution in [2.45, 2.75) is 25.1 Å². The molecule has 0 N–H and O–H groups in total. The van der Waals surface area contributed by atoms with Crippen molar-refractivity contribution in [2.75, 3.05) is 0 Å². The van der Waals surface area contributed by atoms with E-state index in [9.17, 15) is 8.78 Å². The Bertz CT molecular complexity index is 641. The van der Waals surface area contributed by atoms with Crippen molar-refractivity contribution in [1.82, 2.24) is 0 Å². The quantitative estimate of drug-likeness (QED) is 0.597. The summed E-state index contributed by atoms with van der Waals surface area (Å²) in [4.78, 5) is -0.161. The summed E-state index contributed by atoms with van der Waals surface area (Å²) in [5.41, 5.74) is 3.45. The van der Waals surface area contributed by atoms with E-state index in [0.29, 0.717) is 17.0 Å². The molecule has 4 heteroatoms. The number of hydrogen-bond acceptors (Lipinski definition) is 0. The number of aryl methyl sites for hydroxylation is 2. The lowest BCUT2D eigenvalue weighted by atomic mass is 10.00. The van der Waals surface area contributed by atoms with E-state index in [-0.39, 0.29) is 4.83 Å². The van der Waals surface area contributed by atoms with Crippen LogP contribution in [0.3, 0.4) is 0 Å². The van der Waals surface area contributed by atoms with Gasteiger partial charge in [-0.15, -0.1) is 0 Å². The number of hydrogen-bond donors (Lipinski definition) is 0. The van der Waals surface area contributed by atoms with Gasteiger partial charge < -0.3 is 0 Å². The van der Waals surface area contributed by atoms with Crippen molar-refractivity contribution in [3.05, 3.63) is 69.2 Å². The highest BCUT2D eigenvalue weighted by molar-refractivity contribution is 9.09. The van der Waals surface area contributed by atoms with Gasteiger partial charge >= 0.3 is 0 Å². The largest absolute Gasteiger partial charge is 0.204 e. The Labute approximate surface area is 130 Å². The Balaban J connectivity index is 2.31. The molecule has 0 bridgehead atoms. The average molecular weight is 360 g/mol. The van der Waals surface area contributed by atoms with Crippen LogP contribution in [0.25, 0.3) is 0 Å². The fraction of sp³-hybridized carbons (Fsp3) is 0.250. The number of halogens is 4. The lowest BCUT2D eigenvalue weighted by molar-refractivity contribution is 0.498. The van der Waals surface area contributed by atoms with Gasteiger partial charge in [0, 0.05) is 9.85 Å². The van der Waals surface area contributed by atoms with E-state index in [1.54, 1.807) is 6.07 Å². The summed E-state index contributed by atoms with van der Waals surface area (Å²) in [6.07, 6.45) is 0.339. The molecule has 0 aliphatic rings. The number of alkyl halides is 1. The maximum Gasteiger partial charge on any atom is 0.162 e. The minimum atomic E-state index is -0.826. The molecule has 0 saturated heterocycles. The van der Waals surface area contributed by atoms with Crippen molar-refractivity contribution in [3.8, 4) is 0 Å². The molecule has 0 aliphatic carbocycles. The van der Waals surface area contributed by atoms with E-state index in [0.717, 1.165) is 22.8 Å². The van der Waals surface area contributed by atoms with Gasteiger partial charge in [0.25, 0.3) is 0 Å². The minimum absolute atomic E-state index is 0.161. The topological polar surface area (TPSA) is 0 Å². The molecule has 2 rings (SSSR count). The molecule has 0 amide bonds. The van der Waals surface area contributed by atoms with Gasteiger partial charge in [-0.3, -0.25) is 0 Å². The third-order valence-electron chi connectivity index (χ3n) is 3.38. The smallest absolute Gasteiger partial charge is 0.162 e. The fourth-order valence-corrected chi connectivity index (χ4v) is 3.26. The Morgan fingerprint density at radius 1 is 1.15 bits per heavy atom. The Kier molecular flexibility index (Phi) is 4.82. The van der Waals surface area contributed by atoms with Crippen molar-refractivity contribution >= 4 is 27.5 Å². The van der Waals surface area contributed by atoms with Gasteiger partial charge in [-0.2, -0.15) is 0 Å². The maximum absolute atomic E-state index is 13.7. The second-order valence-electron chi connectivity index (χ2n) is 4.84. The molecular formula is C16H14BrClF2. The summed E-state index contributed by atoms with van der Waals surface area (Å²) in [5, 5.41) is 0.631. The molecule has 1 atom stereocenters. The molecule has 0 fully saturated rings. The minimum Gasteiger partial charge on any atom is -0.204 e. The van der Waals surface area contributed by atoms with E-state index in [2.05, 4.69) is 15.9 Å². The van der Waals surface area contributed by atoms with Gasteiger partial charge in [-0.25, -0.2) is 8.78 Å². The van der Waals surface area contributed by atoms with Crippen molar-refractivity contribution in [3.63, 3.8) is 0 Å². The first-order valence-electron chi connectivity index (χ1n) is 6.23. The summed E-state index contributed by atoms with van der Waals surface area (Å²) < 4.78 is 26.9. The first kappa shape index (κ1) is 15.5. The average Bonchev–Trinajstić information content (AvgIpc) is 2.39. The summed E-state index contributed by atoms with van der Waals surface area (Å²) >= 11 is 9.75. The van der Waals surface area contributed by atoms with Gasteiger partial charge in [0.05, 0.1) is 0 Å². The van der Waals surface area contributed by atoms with Crippen molar-refractivity contribution in [2.24, 2.45) is 0 Å². The maximum atomic E-state index is 13.7. The van der Waals surface area contributed by atoms with Crippen LogP contribution >= 0.6 is 27.5 Å². The molecule has 106 valence electrons. The van der Waals surface area contributed by atoms with Crippen molar-refractivity contribution < 1.29 is 8.78 Å². The van der Waals surface area contributed by atoms with Crippen LogP contribution in [0.15, 0.2) is 30.3 Å². The molecule has 2 aromatic rings. The van der Waals surface area contributed by atoms with Crippen LogP contribution in [0.1, 0.15) is 27.1 Å². The van der Waals surface area contributed by atoms with Crippen LogP contribution < -0.4 is 0 Å². The molecule has 0 saturated carbocycles. The first-order valence-corrected chi connectivity index (χ1v) is 7.53. The normalized spacial score (nSPS) is 12.5. The van der Waals surface area contributed by atoms with Crippen LogP contribution in [0.5, 0.6) is 0 Å². The highest BCUT2D eigenvalue weighted by atomic mass is 79.9. The molecule has 1 unspecified atom stereocenters. The molecule has 0 nitrogen and oxygen atoms in total. The lowest BCUT2D eigenvalue weighted by Gasteiger charge is -2.15. The van der Waals surface area contributed by atoms with E-state index in [1.807, 2.05) is 26.0 Å². The standard InChI is InChI=1S/C16H14BrClF2/c1-9-6-12(14(18)7-10(9)2)13(17)8-11-4-3-5-15(19)16(11)20/h3-7,13H,8H2,1-2H3. The number of rotatable bonds is 3. The molecule has 20 heavy (non-hydrogen) atoms. The van der Waals surface area contributed by atoms with E-state index in [4.69, 9.17) is 11.6 Å². The van der Waals surface area contributed by atoms with E-state index >= 15 is 0 Å². The van der Waals surface area contributed by atoms with Crippen LogP contribution in [0.2, 0.25) is 5.02 Å². The van der Waals surface area contributed by atoms with Crippen LogP contribution in [-0.4, -0.2) is 0 Å². The third-order valence-corrected chi connectivity index (χ3v) is 4.53. The fourth-order valence-electron chi connectivity index (χ4n) is 2.05. The molecular weight excluding hydrogens is 346 g/mol. The van der Waals surface area contributed by atoms with E-state index in [1.165, 1.54) is 6.07 Å².